The molecule has 1 unspecified atom stereocenters. The minimum Gasteiger partial charge on any atom is -0.377 e. The number of rotatable bonds is 3. The van der Waals surface area contributed by atoms with Gasteiger partial charge in [-0.15, -0.1) is 0 Å². The maximum absolute atomic E-state index is 11.9. The summed E-state index contributed by atoms with van der Waals surface area (Å²) in [6.07, 6.45) is 1.70. The summed E-state index contributed by atoms with van der Waals surface area (Å²) in [6, 6.07) is 8.55. The van der Waals surface area contributed by atoms with Crippen LogP contribution >= 0.6 is 0 Å². The van der Waals surface area contributed by atoms with Crippen LogP contribution in [0.25, 0.3) is 0 Å². The predicted octanol–water partition coefficient (Wildman–Crippen LogP) is 1.64. The van der Waals surface area contributed by atoms with Gasteiger partial charge in [0.2, 0.25) is 0 Å². The van der Waals surface area contributed by atoms with Gasteiger partial charge in [-0.3, -0.25) is 0 Å². The average Bonchev–Trinajstić information content (AvgIpc) is 2.71. The first-order chi connectivity index (χ1) is 7.18. The molecule has 0 spiro atoms. The lowest BCUT2D eigenvalue weighted by Crippen LogP contribution is -2.20. The topological polar surface area (TPSA) is 43.4 Å². The Labute approximate surface area is 90.0 Å². The van der Waals surface area contributed by atoms with E-state index >= 15 is 0 Å². The highest BCUT2D eigenvalue weighted by Gasteiger charge is 2.24. The van der Waals surface area contributed by atoms with E-state index < -0.39 is 9.84 Å². The van der Waals surface area contributed by atoms with Crippen molar-refractivity contribution < 1.29 is 13.2 Å². The van der Waals surface area contributed by atoms with E-state index in [0.717, 1.165) is 12.8 Å². The van der Waals surface area contributed by atoms with E-state index in [-0.39, 0.29) is 11.9 Å². The van der Waals surface area contributed by atoms with Crippen molar-refractivity contribution in [3.63, 3.8) is 0 Å². The van der Waals surface area contributed by atoms with E-state index in [1.807, 2.05) is 6.07 Å². The van der Waals surface area contributed by atoms with Crippen LogP contribution in [0.5, 0.6) is 0 Å². The molecule has 0 aromatic heterocycles. The Hall–Kier alpha value is -0.870. The molecule has 4 heteroatoms. The summed E-state index contributed by atoms with van der Waals surface area (Å²) in [5.74, 6) is 0.108. The van der Waals surface area contributed by atoms with Crippen molar-refractivity contribution in [1.29, 1.82) is 0 Å². The molecule has 1 aromatic carbocycles. The summed E-state index contributed by atoms with van der Waals surface area (Å²) in [5.41, 5.74) is 0. The third-order valence-electron chi connectivity index (χ3n) is 2.53. The van der Waals surface area contributed by atoms with Gasteiger partial charge in [0.1, 0.15) is 0 Å². The summed E-state index contributed by atoms with van der Waals surface area (Å²) in [5, 5.41) is 0. The summed E-state index contributed by atoms with van der Waals surface area (Å²) in [7, 11) is -3.17. The van der Waals surface area contributed by atoms with E-state index in [1.165, 1.54) is 0 Å². The molecular weight excluding hydrogens is 212 g/mol. The fraction of sp³-hybridized carbons (Fsp3) is 0.455. The lowest BCUT2D eigenvalue weighted by Gasteiger charge is -2.09. The number of hydrogen-bond donors (Lipinski definition) is 0. The Balaban J connectivity index is 2.13. The van der Waals surface area contributed by atoms with Crippen molar-refractivity contribution in [3.05, 3.63) is 30.3 Å². The lowest BCUT2D eigenvalue weighted by molar-refractivity contribution is 0.127. The fourth-order valence-corrected chi connectivity index (χ4v) is 3.26. The minimum absolute atomic E-state index is 0.108. The van der Waals surface area contributed by atoms with Crippen LogP contribution in [-0.4, -0.2) is 26.9 Å². The van der Waals surface area contributed by atoms with Crippen LogP contribution in [-0.2, 0) is 14.6 Å². The molecule has 0 N–H and O–H groups in total. The highest BCUT2D eigenvalue weighted by molar-refractivity contribution is 7.91. The molecule has 0 aliphatic carbocycles. The second-order valence-corrected chi connectivity index (χ2v) is 5.76. The van der Waals surface area contributed by atoms with Crippen LogP contribution in [0.1, 0.15) is 12.8 Å². The van der Waals surface area contributed by atoms with Gasteiger partial charge in [-0.25, -0.2) is 8.42 Å². The molecule has 15 heavy (non-hydrogen) atoms. The monoisotopic (exact) mass is 226 g/mol. The first-order valence-corrected chi connectivity index (χ1v) is 6.73. The highest BCUT2D eigenvalue weighted by atomic mass is 32.2. The van der Waals surface area contributed by atoms with Crippen molar-refractivity contribution >= 4 is 9.84 Å². The van der Waals surface area contributed by atoms with Crippen LogP contribution in [0.2, 0.25) is 0 Å². The molecular formula is C11H14O3S. The van der Waals surface area contributed by atoms with E-state index in [0.29, 0.717) is 11.5 Å². The Morgan fingerprint density at radius 2 is 2.00 bits per heavy atom. The Morgan fingerprint density at radius 3 is 2.60 bits per heavy atom. The molecule has 2 rings (SSSR count). The third kappa shape index (κ3) is 2.58. The molecule has 1 aliphatic heterocycles. The van der Waals surface area contributed by atoms with Gasteiger partial charge in [0, 0.05) is 6.61 Å². The van der Waals surface area contributed by atoms with Crippen LogP contribution in [0.15, 0.2) is 35.2 Å². The quantitative estimate of drug-likeness (QED) is 0.787. The normalized spacial score (nSPS) is 21.7. The maximum Gasteiger partial charge on any atom is 0.180 e. The first-order valence-electron chi connectivity index (χ1n) is 5.08. The first kappa shape index (κ1) is 10.6. The standard InChI is InChI=1S/C11H14O3S/c12-15(13,9-10-5-4-8-14-10)11-6-2-1-3-7-11/h1-3,6-7,10H,4-5,8-9H2. The van der Waals surface area contributed by atoms with Crippen molar-refractivity contribution in [2.75, 3.05) is 12.4 Å². The van der Waals surface area contributed by atoms with Gasteiger partial charge >= 0.3 is 0 Å². The largest absolute Gasteiger partial charge is 0.377 e. The molecule has 0 radical (unpaired) electrons. The van der Waals surface area contributed by atoms with Crippen LogP contribution in [0.3, 0.4) is 0 Å². The molecule has 1 saturated heterocycles. The Kier molecular flexibility index (Phi) is 3.07. The van der Waals surface area contributed by atoms with E-state index in [1.54, 1.807) is 24.3 Å². The summed E-state index contributed by atoms with van der Waals surface area (Å²) in [4.78, 5) is 0.389. The summed E-state index contributed by atoms with van der Waals surface area (Å²) < 4.78 is 29.1. The number of benzene rings is 1. The van der Waals surface area contributed by atoms with E-state index in [4.69, 9.17) is 4.74 Å². The van der Waals surface area contributed by atoms with Crippen molar-refractivity contribution in [1.82, 2.24) is 0 Å². The summed E-state index contributed by atoms with van der Waals surface area (Å²) >= 11 is 0. The van der Waals surface area contributed by atoms with Crippen molar-refractivity contribution in [3.8, 4) is 0 Å². The SMILES string of the molecule is O=S(=O)(CC1CCCO1)c1ccccc1. The van der Waals surface area contributed by atoms with Gasteiger partial charge < -0.3 is 4.74 Å². The van der Waals surface area contributed by atoms with E-state index in [2.05, 4.69) is 0 Å². The van der Waals surface area contributed by atoms with Gasteiger partial charge in [0.25, 0.3) is 0 Å². The number of sulfone groups is 1. The zero-order valence-corrected chi connectivity index (χ0v) is 9.24. The number of hydrogen-bond acceptors (Lipinski definition) is 3. The molecule has 3 nitrogen and oxygen atoms in total. The summed E-state index contributed by atoms with van der Waals surface area (Å²) in [6.45, 7) is 0.689. The van der Waals surface area contributed by atoms with Gasteiger partial charge in [-0.05, 0) is 25.0 Å². The molecule has 0 bridgehead atoms. The second-order valence-electron chi connectivity index (χ2n) is 3.73. The average molecular weight is 226 g/mol. The van der Waals surface area contributed by atoms with Crippen LogP contribution in [0, 0.1) is 0 Å². The minimum atomic E-state index is -3.17. The molecule has 82 valence electrons. The zero-order chi connectivity index (χ0) is 10.7. The zero-order valence-electron chi connectivity index (χ0n) is 8.43. The molecule has 1 aromatic rings. The fourth-order valence-electron chi connectivity index (χ4n) is 1.74. The van der Waals surface area contributed by atoms with Gasteiger partial charge in [-0.2, -0.15) is 0 Å². The second kappa shape index (κ2) is 4.33. The number of ether oxygens (including phenoxy) is 1. The van der Waals surface area contributed by atoms with E-state index in [9.17, 15) is 8.42 Å². The molecule has 1 fully saturated rings. The predicted molar refractivity (Wildman–Crippen MR) is 57.5 cm³/mol. The third-order valence-corrected chi connectivity index (χ3v) is 4.33. The van der Waals surface area contributed by atoms with Gasteiger partial charge in [0.05, 0.1) is 16.8 Å². The Bertz CT molecular complexity index is 405. The van der Waals surface area contributed by atoms with Gasteiger partial charge in [0.15, 0.2) is 9.84 Å². The smallest absolute Gasteiger partial charge is 0.180 e. The van der Waals surface area contributed by atoms with Gasteiger partial charge in [-0.1, -0.05) is 18.2 Å². The Morgan fingerprint density at radius 1 is 1.27 bits per heavy atom. The molecule has 1 aliphatic rings. The molecule has 0 saturated carbocycles. The van der Waals surface area contributed by atoms with Crippen molar-refractivity contribution in [2.45, 2.75) is 23.8 Å². The van der Waals surface area contributed by atoms with Crippen LogP contribution < -0.4 is 0 Å². The molecule has 1 heterocycles. The lowest BCUT2D eigenvalue weighted by atomic mass is 10.3. The maximum atomic E-state index is 11.9. The molecule has 0 amide bonds. The highest BCUT2D eigenvalue weighted by Crippen LogP contribution is 2.18. The van der Waals surface area contributed by atoms with Crippen molar-refractivity contribution in [2.24, 2.45) is 0 Å². The van der Waals surface area contributed by atoms with Crippen LogP contribution in [0.4, 0.5) is 0 Å². The molecule has 1 atom stereocenters.